The maximum absolute atomic E-state index is 13.8. The number of hydrogen-bond donors (Lipinski definition) is 2. The molecule has 1 amide bonds. The third-order valence-corrected chi connectivity index (χ3v) is 7.21. The fourth-order valence-electron chi connectivity index (χ4n) is 4.99. The lowest BCUT2D eigenvalue weighted by atomic mass is 10.1. The number of hydrogen-bond acceptors (Lipinski definition) is 6. The molecular formula is C26H28ClF3N6O3. The molecule has 39 heavy (non-hydrogen) atoms. The summed E-state index contributed by atoms with van der Waals surface area (Å²) in [6.07, 6.45) is -1.51. The van der Waals surface area contributed by atoms with Crippen LogP contribution in [0.4, 0.5) is 24.5 Å². The number of benzene rings is 1. The lowest BCUT2D eigenvalue weighted by Gasteiger charge is -2.31. The molecule has 2 N–H and O–H groups in total. The second kappa shape index (κ2) is 11.0. The van der Waals surface area contributed by atoms with Crippen molar-refractivity contribution in [1.82, 2.24) is 19.5 Å². The highest BCUT2D eigenvalue weighted by Gasteiger charge is 2.31. The van der Waals surface area contributed by atoms with Crippen molar-refractivity contribution < 1.29 is 22.7 Å². The van der Waals surface area contributed by atoms with Gasteiger partial charge in [0.05, 0.1) is 35.2 Å². The molecule has 1 fully saturated rings. The van der Waals surface area contributed by atoms with Crippen molar-refractivity contribution in [2.24, 2.45) is 0 Å². The van der Waals surface area contributed by atoms with Crippen molar-refractivity contribution >= 4 is 40.1 Å². The van der Waals surface area contributed by atoms with Crippen molar-refractivity contribution in [2.45, 2.75) is 32.5 Å². The molecule has 9 nitrogen and oxygen atoms in total. The summed E-state index contributed by atoms with van der Waals surface area (Å²) in [6.45, 7) is 5.39. The lowest BCUT2D eigenvalue weighted by molar-refractivity contribution is -0.137. The Balaban J connectivity index is 1.56. The van der Waals surface area contributed by atoms with Gasteiger partial charge in [-0.3, -0.25) is 9.59 Å². The summed E-state index contributed by atoms with van der Waals surface area (Å²) in [5.41, 5.74) is 2.10. The van der Waals surface area contributed by atoms with Gasteiger partial charge in [-0.15, -0.1) is 0 Å². The third-order valence-electron chi connectivity index (χ3n) is 6.89. The van der Waals surface area contributed by atoms with E-state index in [1.807, 2.05) is 17.9 Å². The first kappa shape index (κ1) is 27.2. The van der Waals surface area contributed by atoms with E-state index in [4.69, 9.17) is 16.3 Å². The molecule has 4 heterocycles. The molecule has 2 aliphatic heterocycles. The van der Waals surface area contributed by atoms with Crippen molar-refractivity contribution in [3.05, 3.63) is 62.7 Å². The van der Waals surface area contributed by atoms with Gasteiger partial charge in [0.25, 0.3) is 5.56 Å². The number of carbonyl (C=O) groups is 1. The van der Waals surface area contributed by atoms with E-state index in [0.29, 0.717) is 75.0 Å². The molecule has 2 aliphatic rings. The van der Waals surface area contributed by atoms with Gasteiger partial charge >= 0.3 is 6.18 Å². The van der Waals surface area contributed by atoms with Crippen LogP contribution in [0.25, 0.3) is 11.2 Å². The fraction of sp³-hybridized carbons (Fsp3) is 0.423. The van der Waals surface area contributed by atoms with Crippen LogP contribution in [-0.2, 0) is 28.7 Å². The standard InChI is InChI=1S/C26H28ClF3N6O3/c1-2-21-24(34-9-7-31-8-10-34)25(38)36-23(14-20(33-36)16-5-11-39-12-6-16)35(21)15-22(37)32-19-4-3-17(13-18(19)27)26(28,29)30/h3-5,13-14,31H,2,6-12,15H2,1H3,(H,32,37). The second-order valence-electron chi connectivity index (χ2n) is 9.37. The van der Waals surface area contributed by atoms with E-state index in [1.165, 1.54) is 4.52 Å². The first-order valence-electron chi connectivity index (χ1n) is 12.7. The predicted molar refractivity (Wildman–Crippen MR) is 142 cm³/mol. The van der Waals surface area contributed by atoms with Gasteiger partial charge in [-0.1, -0.05) is 24.6 Å². The maximum atomic E-state index is 13.8. The number of nitrogens with zero attached hydrogens (tertiary/aromatic N) is 4. The van der Waals surface area contributed by atoms with Gasteiger partial charge in [0, 0.05) is 37.9 Å². The Bertz CT molecular complexity index is 1490. The van der Waals surface area contributed by atoms with E-state index in [1.54, 1.807) is 10.6 Å². The topological polar surface area (TPSA) is 92.9 Å². The van der Waals surface area contributed by atoms with Crippen LogP contribution in [0.3, 0.4) is 0 Å². The van der Waals surface area contributed by atoms with Gasteiger partial charge in [0.1, 0.15) is 17.9 Å². The van der Waals surface area contributed by atoms with Gasteiger partial charge < -0.3 is 24.8 Å². The smallest absolute Gasteiger partial charge is 0.377 e. The monoisotopic (exact) mass is 564 g/mol. The molecule has 1 saturated heterocycles. The number of piperazine rings is 1. The zero-order chi connectivity index (χ0) is 27.7. The van der Waals surface area contributed by atoms with E-state index in [2.05, 4.69) is 15.7 Å². The van der Waals surface area contributed by atoms with E-state index in [-0.39, 0.29) is 22.8 Å². The number of rotatable bonds is 6. The molecule has 0 saturated carbocycles. The normalized spacial score (nSPS) is 16.4. The number of ether oxygens (including phenoxy) is 1. The highest BCUT2D eigenvalue weighted by atomic mass is 35.5. The van der Waals surface area contributed by atoms with Gasteiger partial charge in [0.15, 0.2) is 0 Å². The summed E-state index contributed by atoms with van der Waals surface area (Å²) in [5.74, 6) is -0.504. The first-order chi connectivity index (χ1) is 18.7. The molecule has 0 radical (unpaired) electrons. The molecule has 5 rings (SSSR count). The molecule has 1 aromatic carbocycles. The number of fused-ring (bicyclic) bond motifs is 1. The Morgan fingerprint density at radius 1 is 1.23 bits per heavy atom. The molecule has 3 aromatic rings. The van der Waals surface area contributed by atoms with Crippen molar-refractivity contribution in [2.75, 3.05) is 49.6 Å². The van der Waals surface area contributed by atoms with Gasteiger partial charge in [-0.2, -0.15) is 22.8 Å². The van der Waals surface area contributed by atoms with E-state index < -0.39 is 17.6 Å². The van der Waals surface area contributed by atoms with Crippen LogP contribution in [-0.4, -0.2) is 59.5 Å². The minimum atomic E-state index is -4.55. The molecule has 0 aliphatic carbocycles. The first-order valence-corrected chi connectivity index (χ1v) is 13.1. The number of nitrogens with one attached hydrogen (secondary N) is 2. The number of aromatic nitrogens is 3. The quantitative estimate of drug-likeness (QED) is 0.475. The van der Waals surface area contributed by atoms with Gasteiger partial charge in [-0.25, -0.2) is 0 Å². The third kappa shape index (κ3) is 5.54. The number of halogens is 4. The van der Waals surface area contributed by atoms with Crippen LogP contribution in [0.1, 0.15) is 30.3 Å². The largest absolute Gasteiger partial charge is 0.416 e. The zero-order valence-corrected chi connectivity index (χ0v) is 22.0. The minimum absolute atomic E-state index is 0.0636. The Labute approximate surface area is 227 Å². The second-order valence-corrected chi connectivity index (χ2v) is 9.78. The van der Waals surface area contributed by atoms with Crippen LogP contribution in [0.2, 0.25) is 5.02 Å². The number of amides is 1. The molecule has 2 aromatic heterocycles. The van der Waals surface area contributed by atoms with Crippen LogP contribution >= 0.6 is 11.6 Å². The van der Waals surface area contributed by atoms with Crippen molar-refractivity contribution in [3.63, 3.8) is 0 Å². The van der Waals surface area contributed by atoms with Crippen LogP contribution < -0.4 is 21.1 Å². The molecule has 0 bridgehead atoms. The van der Waals surface area contributed by atoms with E-state index >= 15 is 0 Å². The average molecular weight is 565 g/mol. The number of anilines is 2. The van der Waals surface area contributed by atoms with E-state index in [9.17, 15) is 22.8 Å². The lowest BCUT2D eigenvalue weighted by Crippen LogP contribution is -2.47. The van der Waals surface area contributed by atoms with Crippen LogP contribution in [0.15, 0.2) is 35.1 Å². The summed E-state index contributed by atoms with van der Waals surface area (Å²) in [7, 11) is 0. The molecule has 0 atom stereocenters. The Morgan fingerprint density at radius 2 is 2.00 bits per heavy atom. The SMILES string of the molecule is CCc1c(N2CCNCC2)c(=O)n2nc(C3=CCOCC3)cc2n1CC(=O)Nc1ccc(C(F)(F)F)cc1Cl. The average Bonchev–Trinajstić information content (AvgIpc) is 3.38. The predicted octanol–water partition coefficient (Wildman–Crippen LogP) is 3.58. The van der Waals surface area contributed by atoms with Crippen molar-refractivity contribution in [1.29, 1.82) is 0 Å². The van der Waals surface area contributed by atoms with Crippen LogP contribution in [0.5, 0.6) is 0 Å². The molecule has 0 spiro atoms. The summed E-state index contributed by atoms with van der Waals surface area (Å²) >= 11 is 6.07. The van der Waals surface area contributed by atoms with Gasteiger partial charge in [0.2, 0.25) is 5.91 Å². The summed E-state index contributed by atoms with van der Waals surface area (Å²) in [5, 5.41) is 10.3. The highest BCUT2D eigenvalue weighted by molar-refractivity contribution is 6.33. The number of carbonyl (C=O) groups excluding carboxylic acids is 1. The van der Waals surface area contributed by atoms with E-state index in [0.717, 1.165) is 23.8 Å². The minimum Gasteiger partial charge on any atom is -0.377 e. The molecule has 0 unspecified atom stereocenters. The summed E-state index contributed by atoms with van der Waals surface area (Å²) in [6, 6.07) is 4.56. The molecule has 208 valence electrons. The molecule has 13 heteroatoms. The molecular weight excluding hydrogens is 537 g/mol. The van der Waals surface area contributed by atoms with Crippen LogP contribution in [0, 0.1) is 0 Å². The zero-order valence-electron chi connectivity index (χ0n) is 21.3. The Hall–Kier alpha value is -3.35. The van der Waals surface area contributed by atoms with Gasteiger partial charge in [-0.05, 0) is 36.6 Å². The maximum Gasteiger partial charge on any atom is 0.416 e. The fourth-order valence-corrected chi connectivity index (χ4v) is 5.21. The summed E-state index contributed by atoms with van der Waals surface area (Å²) in [4.78, 5) is 29.0. The summed E-state index contributed by atoms with van der Waals surface area (Å²) < 4.78 is 47.6. The van der Waals surface area contributed by atoms with Crippen molar-refractivity contribution in [3.8, 4) is 0 Å². The Morgan fingerprint density at radius 3 is 2.64 bits per heavy atom. The number of alkyl halides is 3. The highest BCUT2D eigenvalue weighted by Crippen LogP contribution is 2.34. The Kier molecular flexibility index (Phi) is 7.70.